The molecule has 0 radical (unpaired) electrons. The van der Waals surface area contributed by atoms with Crippen LogP contribution in [-0.4, -0.2) is 73.1 Å². The third-order valence-corrected chi connectivity index (χ3v) is 5.65. The van der Waals surface area contributed by atoms with Crippen LogP contribution in [0.1, 0.15) is 26.3 Å². The average molecular weight is 491 g/mol. The Morgan fingerprint density at radius 2 is 1.61 bits per heavy atom. The van der Waals surface area contributed by atoms with Gasteiger partial charge in [-0.05, 0) is 35.9 Å². The van der Waals surface area contributed by atoms with Crippen molar-refractivity contribution in [2.24, 2.45) is 0 Å². The molecule has 1 unspecified atom stereocenters. The van der Waals surface area contributed by atoms with Crippen LogP contribution in [0.25, 0.3) is 6.08 Å². The standard InChI is InChI=1S/C24H23ClN2O5.ClH/c25-18-8-5-17(6-9-18)7-10-22(28)32-19(15-26-11-13-31-14-12-26)16-27-23(29)20-3-1-2-4-21(20)24(27)30;/h1-10,19H,11-16H2;1H/b10-7+;. The maximum Gasteiger partial charge on any atom is 0.331 e. The van der Waals surface area contributed by atoms with E-state index in [1.165, 1.54) is 6.08 Å². The summed E-state index contributed by atoms with van der Waals surface area (Å²) in [5, 5.41) is 0.608. The summed E-state index contributed by atoms with van der Waals surface area (Å²) >= 11 is 5.88. The Hall–Kier alpha value is -2.71. The van der Waals surface area contributed by atoms with Gasteiger partial charge in [0.1, 0.15) is 6.10 Å². The maximum atomic E-state index is 12.8. The molecule has 7 nitrogen and oxygen atoms in total. The molecule has 2 aromatic rings. The lowest BCUT2D eigenvalue weighted by Crippen LogP contribution is -2.47. The summed E-state index contributed by atoms with van der Waals surface area (Å²) < 4.78 is 11.1. The number of carbonyl (C=O) groups excluding carboxylic acids is 3. The number of ether oxygens (including phenoxy) is 2. The Kier molecular flexibility index (Phi) is 8.63. The van der Waals surface area contributed by atoms with Crippen LogP contribution in [-0.2, 0) is 14.3 Å². The van der Waals surface area contributed by atoms with Gasteiger partial charge >= 0.3 is 5.97 Å². The highest BCUT2D eigenvalue weighted by Gasteiger charge is 2.37. The number of nitrogens with zero attached hydrogens (tertiary/aromatic N) is 2. The molecule has 1 fully saturated rings. The number of esters is 1. The quantitative estimate of drug-likeness (QED) is 0.336. The summed E-state index contributed by atoms with van der Waals surface area (Å²) in [6.07, 6.45) is 2.29. The number of carbonyl (C=O) groups is 3. The number of fused-ring (bicyclic) bond motifs is 1. The molecule has 2 aromatic carbocycles. The minimum absolute atomic E-state index is 0. The molecule has 2 aliphatic heterocycles. The average Bonchev–Trinajstić information content (AvgIpc) is 3.04. The van der Waals surface area contributed by atoms with Gasteiger partial charge in [0.05, 0.1) is 30.9 Å². The highest BCUT2D eigenvalue weighted by molar-refractivity contribution is 6.30. The van der Waals surface area contributed by atoms with Crippen LogP contribution >= 0.6 is 24.0 Å². The predicted molar refractivity (Wildman–Crippen MR) is 127 cm³/mol. The molecule has 1 saturated heterocycles. The SMILES string of the molecule is Cl.O=C(/C=C/c1ccc(Cl)cc1)OC(CN1CCOCC1)CN1C(=O)c2ccccc2C1=O. The molecule has 9 heteroatoms. The summed E-state index contributed by atoms with van der Waals surface area (Å²) in [5.74, 6) is -1.29. The number of benzene rings is 2. The van der Waals surface area contributed by atoms with E-state index in [9.17, 15) is 14.4 Å². The fourth-order valence-electron chi connectivity index (χ4n) is 3.75. The second kappa shape index (κ2) is 11.4. The molecule has 33 heavy (non-hydrogen) atoms. The second-order valence-electron chi connectivity index (χ2n) is 7.62. The zero-order chi connectivity index (χ0) is 22.5. The van der Waals surface area contributed by atoms with Crippen LogP contribution in [0, 0.1) is 0 Å². The van der Waals surface area contributed by atoms with Gasteiger partial charge in [0, 0.05) is 30.7 Å². The van der Waals surface area contributed by atoms with E-state index >= 15 is 0 Å². The minimum atomic E-state index is -0.669. The van der Waals surface area contributed by atoms with Crippen LogP contribution in [0.3, 0.4) is 0 Å². The van der Waals surface area contributed by atoms with E-state index in [0.29, 0.717) is 49.0 Å². The largest absolute Gasteiger partial charge is 0.456 e. The smallest absolute Gasteiger partial charge is 0.331 e. The summed E-state index contributed by atoms with van der Waals surface area (Å²) in [4.78, 5) is 41.3. The molecule has 0 N–H and O–H groups in total. The van der Waals surface area contributed by atoms with Crippen molar-refractivity contribution in [3.05, 3.63) is 76.3 Å². The third-order valence-electron chi connectivity index (χ3n) is 5.39. The molecule has 0 saturated carbocycles. The van der Waals surface area contributed by atoms with Gasteiger partial charge in [0.15, 0.2) is 0 Å². The van der Waals surface area contributed by atoms with Crippen LogP contribution in [0.15, 0.2) is 54.6 Å². The molecule has 0 aromatic heterocycles. The van der Waals surface area contributed by atoms with Crippen molar-refractivity contribution in [2.75, 3.05) is 39.4 Å². The van der Waals surface area contributed by atoms with E-state index < -0.39 is 12.1 Å². The van der Waals surface area contributed by atoms with E-state index in [0.717, 1.165) is 10.5 Å². The van der Waals surface area contributed by atoms with Gasteiger partial charge in [-0.3, -0.25) is 19.4 Å². The first-order chi connectivity index (χ1) is 15.5. The first-order valence-corrected chi connectivity index (χ1v) is 10.8. The predicted octanol–water partition coefficient (Wildman–Crippen LogP) is 3.32. The molecule has 0 aliphatic carbocycles. The van der Waals surface area contributed by atoms with E-state index in [1.54, 1.807) is 54.6 Å². The number of hydrogen-bond acceptors (Lipinski definition) is 6. The van der Waals surface area contributed by atoms with Crippen LogP contribution in [0.2, 0.25) is 5.02 Å². The minimum Gasteiger partial charge on any atom is -0.456 e. The molecule has 2 aliphatic rings. The van der Waals surface area contributed by atoms with Crippen molar-refractivity contribution in [3.63, 3.8) is 0 Å². The first-order valence-electron chi connectivity index (χ1n) is 10.4. The highest BCUT2D eigenvalue weighted by atomic mass is 35.5. The number of imide groups is 1. The number of hydrogen-bond donors (Lipinski definition) is 0. The summed E-state index contributed by atoms with van der Waals surface area (Å²) in [5.41, 5.74) is 1.55. The molecule has 0 spiro atoms. The van der Waals surface area contributed by atoms with E-state index in [1.807, 2.05) is 0 Å². The zero-order valence-electron chi connectivity index (χ0n) is 17.8. The van der Waals surface area contributed by atoms with Crippen molar-refractivity contribution in [1.29, 1.82) is 0 Å². The summed E-state index contributed by atoms with van der Waals surface area (Å²) in [7, 11) is 0. The van der Waals surface area contributed by atoms with Crippen molar-refractivity contribution < 1.29 is 23.9 Å². The Labute approximate surface area is 203 Å². The lowest BCUT2D eigenvalue weighted by Gasteiger charge is -2.31. The van der Waals surface area contributed by atoms with Gasteiger partial charge in [-0.15, -0.1) is 12.4 Å². The van der Waals surface area contributed by atoms with E-state index in [-0.39, 0.29) is 30.8 Å². The van der Waals surface area contributed by atoms with Gasteiger partial charge in [0.25, 0.3) is 11.8 Å². The highest BCUT2D eigenvalue weighted by Crippen LogP contribution is 2.23. The zero-order valence-corrected chi connectivity index (χ0v) is 19.4. The van der Waals surface area contributed by atoms with Crippen LogP contribution < -0.4 is 0 Å². The molecule has 4 rings (SSSR count). The first kappa shape index (κ1) is 24.9. The molecular formula is C24H24Cl2N2O5. The van der Waals surface area contributed by atoms with Gasteiger partial charge in [-0.25, -0.2) is 4.79 Å². The molecule has 0 bridgehead atoms. The van der Waals surface area contributed by atoms with Crippen molar-refractivity contribution in [3.8, 4) is 0 Å². The number of halogens is 2. The summed E-state index contributed by atoms with van der Waals surface area (Å²) in [6, 6.07) is 13.7. The summed E-state index contributed by atoms with van der Waals surface area (Å²) in [6.45, 7) is 2.95. The van der Waals surface area contributed by atoms with Gasteiger partial charge < -0.3 is 9.47 Å². The molecule has 2 heterocycles. The number of morpholine rings is 1. The monoisotopic (exact) mass is 490 g/mol. The molecule has 174 valence electrons. The van der Waals surface area contributed by atoms with Gasteiger partial charge in [0.2, 0.25) is 0 Å². The van der Waals surface area contributed by atoms with Gasteiger partial charge in [-0.1, -0.05) is 35.9 Å². The maximum absolute atomic E-state index is 12.8. The van der Waals surface area contributed by atoms with E-state index in [4.69, 9.17) is 21.1 Å². The Morgan fingerprint density at radius 1 is 1.00 bits per heavy atom. The topological polar surface area (TPSA) is 76.2 Å². The molecule has 1 atom stereocenters. The number of amides is 2. The Balaban J connectivity index is 0.00000306. The van der Waals surface area contributed by atoms with Crippen molar-refractivity contribution in [2.45, 2.75) is 6.10 Å². The Bertz CT molecular complexity index is 1000. The Morgan fingerprint density at radius 3 is 2.21 bits per heavy atom. The molecular weight excluding hydrogens is 467 g/mol. The fourth-order valence-corrected chi connectivity index (χ4v) is 3.88. The molecule has 2 amide bonds. The van der Waals surface area contributed by atoms with E-state index in [2.05, 4.69) is 4.90 Å². The lowest BCUT2D eigenvalue weighted by atomic mass is 10.1. The fraction of sp³-hybridized carbons (Fsp3) is 0.292. The van der Waals surface area contributed by atoms with Crippen LogP contribution in [0.5, 0.6) is 0 Å². The lowest BCUT2D eigenvalue weighted by molar-refractivity contribution is -0.144. The van der Waals surface area contributed by atoms with Crippen molar-refractivity contribution in [1.82, 2.24) is 9.80 Å². The van der Waals surface area contributed by atoms with Gasteiger partial charge in [-0.2, -0.15) is 0 Å². The number of rotatable bonds is 7. The third kappa shape index (κ3) is 6.21. The van der Waals surface area contributed by atoms with Crippen molar-refractivity contribution >= 4 is 47.9 Å². The normalized spacial score (nSPS) is 17.1. The van der Waals surface area contributed by atoms with Crippen LogP contribution in [0.4, 0.5) is 0 Å². The second-order valence-corrected chi connectivity index (χ2v) is 8.06.